The Bertz CT molecular complexity index is 1190. The number of anilines is 1. The van der Waals surface area contributed by atoms with E-state index in [-0.39, 0.29) is 12.5 Å². The molecule has 2 aliphatic rings. The molecule has 3 heterocycles. The number of fused-ring (bicyclic) bond motifs is 1. The largest absolute Gasteiger partial charge is 0.451 e. The Morgan fingerprint density at radius 1 is 1.11 bits per heavy atom. The van der Waals surface area contributed by atoms with Gasteiger partial charge in [-0.2, -0.15) is 13.2 Å². The van der Waals surface area contributed by atoms with Gasteiger partial charge in [0.2, 0.25) is 5.82 Å². The molecule has 3 aromatic rings. The summed E-state index contributed by atoms with van der Waals surface area (Å²) in [5.74, 6) is -0.691. The molecule has 1 amide bonds. The van der Waals surface area contributed by atoms with Crippen molar-refractivity contribution in [3.8, 4) is 0 Å². The second-order valence-electron chi connectivity index (χ2n) is 8.70. The van der Waals surface area contributed by atoms with Gasteiger partial charge in [-0.3, -0.25) is 9.69 Å². The lowest BCUT2D eigenvalue weighted by atomic mass is 10.1. The summed E-state index contributed by atoms with van der Waals surface area (Å²) < 4.78 is 44.2. The van der Waals surface area contributed by atoms with Crippen LogP contribution >= 0.6 is 0 Å². The normalized spacial score (nSPS) is 17.8. The van der Waals surface area contributed by atoms with Gasteiger partial charge in [-0.05, 0) is 37.1 Å². The lowest BCUT2D eigenvalue weighted by Crippen LogP contribution is -2.44. The maximum atomic E-state index is 13.2. The average Bonchev–Trinajstić information content (AvgIpc) is 3.68. The van der Waals surface area contributed by atoms with E-state index in [1.807, 2.05) is 18.2 Å². The third kappa shape index (κ3) is 5.51. The molecule has 184 valence electrons. The van der Waals surface area contributed by atoms with Gasteiger partial charge in [-0.25, -0.2) is 15.0 Å². The summed E-state index contributed by atoms with van der Waals surface area (Å²) in [6.07, 6.45) is 0.0151. The monoisotopic (exact) mass is 486 g/mol. The van der Waals surface area contributed by atoms with E-state index >= 15 is 0 Å². The van der Waals surface area contributed by atoms with Crippen LogP contribution in [-0.4, -0.2) is 64.6 Å². The van der Waals surface area contributed by atoms with Crippen molar-refractivity contribution in [3.05, 3.63) is 59.7 Å². The molecule has 11 heteroatoms. The number of nitrogens with zero attached hydrogens (tertiary/aromatic N) is 4. The smallest absolute Gasteiger partial charge is 0.379 e. The molecule has 1 saturated carbocycles. The summed E-state index contributed by atoms with van der Waals surface area (Å²) in [5, 5.41) is 7.03. The SMILES string of the molecule is O=C(NCC(c1cnc(C(F)(F)F)nc1)N1CCOCC1)c1cccc2nc(NC3CC3)ccc12. The van der Waals surface area contributed by atoms with Crippen molar-refractivity contribution in [2.45, 2.75) is 31.1 Å². The average molecular weight is 486 g/mol. The quantitative estimate of drug-likeness (QED) is 0.529. The number of aromatic nitrogens is 3. The van der Waals surface area contributed by atoms with E-state index in [1.54, 1.807) is 12.1 Å². The van der Waals surface area contributed by atoms with Gasteiger partial charge in [0.25, 0.3) is 5.91 Å². The maximum Gasteiger partial charge on any atom is 0.451 e. The number of pyridine rings is 1. The first kappa shape index (κ1) is 23.4. The number of halogens is 3. The van der Waals surface area contributed by atoms with Gasteiger partial charge in [-0.1, -0.05) is 6.07 Å². The van der Waals surface area contributed by atoms with Crippen molar-refractivity contribution >= 4 is 22.6 Å². The first-order valence-electron chi connectivity index (χ1n) is 11.5. The highest BCUT2D eigenvalue weighted by atomic mass is 19.4. The van der Waals surface area contributed by atoms with Gasteiger partial charge in [0.1, 0.15) is 5.82 Å². The number of amides is 1. The molecule has 1 aliphatic carbocycles. The number of hydrogen-bond donors (Lipinski definition) is 2. The molecule has 1 unspecified atom stereocenters. The summed E-state index contributed by atoms with van der Waals surface area (Å²) in [4.78, 5) is 26.8. The lowest BCUT2D eigenvalue weighted by molar-refractivity contribution is -0.145. The topological polar surface area (TPSA) is 92.3 Å². The fraction of sp³-hybridized carbons (Fsp3) is 0.417. The minimum Gasteiger partial charge on any atom is -0.379 e. The van der Waals surface area contributed by atoms with Crippen LogP contribution in [-0.2, 0) is 10.9 Å². The third-order valence-electron chi connectivity index (χ3n) is 6.16. The number of benzene rings is 1. The van der Waals surface area contributed by atoms with Crippen LogP contribution in [0.15, 0.2) is 42.7 Å². The van der Waals surface area contributed by atoms with E-state index < -0.39 is 18.0 Å². The molecule has 0 bridgehead atoms. The summed E-state index contributed by atoms with van der Waals surface area (Å²) in [6.45, 7) is 2.34. The van der Waals surface area contributed by atoms with Crippen LogP contribution in [0.2, 0.25) is 0 Å². The second-order valence-corrected chi connectivity index (χ2v) is 8.70. The summed E-state index contributed by atoms with van der Waals surface area (Å²) in [5.41, 5.74) is 1.69. The van der Waals surface area contributed by atoms with Crippen molar-refractivity contribution in [2.24, 2.45) is 0 Å². The van der Waals surface area contributed by atoms with Crippen LogP contribution in [0.3, 0.4) is 0 Å². The van der Waals surface area contributed by atoms with Gasteiger partial charge < -0.3 is 15.4 Å². The van der Waals surface area contributed by atoms with Crippen molar-refractivity contribution in [1.82, 2.24) is 25.2 Å². The number of carbonyl (C=O) groups excluding carboxylic acids is 1. The van der Waals surface area contributed by atoms with Crippen LogP contribution in [0.1, 0.15) is 40.6 Å². The zero-order valence-electron chi connectivity index (χ0n) is 18.9. The molecule has 2 fully saturated rings. The minimum atomic E-state index is -4.61. The van der Waals surface area contributed by atoms with Gasteiger partial charge in [0.05, 0.1) is 24.8 Å². The predicted octanol–water partition coefficient (Wildman–Crippen LogP) is 3.42. The molecule has 2 N–H and O–H groups in total. The van der Waals surface area contributed by atoms with Crippen molar-refractivity contribution in [2.75, 3.05) is 38.2 Å². The molecule has 1 aromatic carbocycles. The fourth-order valence-electron chi connectivity index (χ4n) is 4.16. The summed E-state index contributed by atoms with van der Waals surface area (Å²) in [7, 11) is 0. The molecular weight excluding hydrogens is 461 g/mol. The van der Waals surface area contributed by atoms with Crippen molar-refractivity contribution in [3.63, 3.8) is 0 Å². The van der Waals surface area contributed by atoms with Crippen molar-refractivity contribution in [1.29, 1.82) is 0 Å². The first-order valence-corrected chi connectivity index (χ1v) is 11.5. The number of rotatable bonds is 7. The predicted molar refractivity (Wildman–Crippen MR) is 123 cm³/mol. The van der Waals surface area contributed by atoms with Crippen LogP contribution in [0.5, 0.6) is 0 Å². The summed E-state index contributed by atoms with van der Waals surface area (Å²) in [6, 6.07) is 9.20. The van der Waals surface area contributed by atoms with Gasteiger partial charge in [0.15, 0.2) is 0 Å². The van der Waals surface area contributed by atoms with Crippen LogP contribution < -0.4 is 10.6 Å². The Kier molecular flexibility index (Phi) is 6.52. The van der Waals surface area contributed by atoms with E-state index in [9.17, 15) is 18.0 Å². The lowest BCUT2D eigenvalue weighted by Gasteiger charge is -2.34. The standard InChI is InChI=1S/C24H25F3N6O2/c25-24(26,27)23-29-12-15(13-30-23)20(33-8-10-35-11-9-33)14-28-22(34)18-2-1-3-19-17(18)6-7-21(32-19)31-16-4-5-16/h1-3,6-7,12-13,16,20H,4-5,8-11,14H2,(H,28,34)(H,31,32). The Hall–Kier alpha value is -3.31. The maximum absolute atomic E-state index is 13.2. The molecule has 8 nitrogen and oxygen atoms in total. The number of morpholine rings is 1. The minimum absolute atomic E-state index is 0.179. The highest BCUT2D eigenvalue weighted by Gasteiger charge is 2.35. The van der Waals surface area contributed by atoms with Crippen LogP contribution in [0, 0.1) is 0 Å². The molecular formula is C24H25F3N6O2. The third-order valence-corrected chi connectivity index (χ3v) is 6.16. The Morgan fingerprint density at radius 3 is 2.54 bits per heavy atom. The second kappa shape index (κ2) is 9.74. The zero-order chi connectivity index (χ0) is 24.4. The van der Waals surface area contributed by atoms with Crippen LogP contribution in [0.25, 0.3) is 10.9 Å². The van der Waals surface area contributed by atoms with Gasteiger partial charge >= 0.3 is 6.18 Å². The highest BCUT2D eigenvalue weighted by molar-refractivity contribution is 6.06. The molecule has 2 aromatic heterocycles. The number of hydrogen-bond acceptors (Lipinski definition) is 7. The summed E-state index contributed by atoms with van der Waals surface area (Å²) >= 11 is 0. The molecule has 0 radical (unpaired) electrons. The Labute approximate surface area is 199 Å². The highest BCUT2D eigenvalue weighted by Crippen LogP contribution is 2.28. The van der Waals surface area contributed by atoms with E-state index in [2.05, 4.69) is 30.5 Å². The number of carbonyl (C=O) groups is 1. The van der Waals surface area contributed by atoms with E-state index in [0.717, 1.165) is 24.0 Å². The fourth-order valence-corrected chi connectivity index (χ4v) is 4.16. The first-order chi connectivity index (χ1) is 16.9. The molecule has 35 heavy (non-hydrogen) atoms. The zero-order valence-corrected chi connectivity index (χ0v) is 18.9. The number of nitrogens with one attached hydrogen (secondary N) is 2. The molecule has 1 saturated heterocycles. The van der Waals surface area contributed by atoms with Crippen molar-refractivity contribution < 1.29 is 22.7 Å². The van der Waals surface area contributed by atoms with E-state index in [0.29, 0.717) is 49.0 Å². The molecule has 0 spiro atoms. The Balaban J connectivity index is 1.34. The number of ether oxygens (including phenoxy) is 1. The van der Waals surface area contributed by atoms with E-state index in [4.69, 9.17) is 4.74 Å². The number of alkyl halides is 3. The molecule has 5 rings (SSSR count). The Morgan fingerprint density at radius 2 is 1.86 bits per heavy atom. The van der Waals surface area contributed by atoms with E-state index in [1.165, 1.54) is 12.4 Å². The van der Waals surface area contributed by atoms with Crippen LogP contribution in [0.4, 0.5) is 19.0 Å². The molecule has 1 aliphatic heterocycles. The molecule has 1 atom stereocenters. The van der Waals surface area contributed by atoms with Gasteiger partial charge in [-0.15, -0.1) is 0 Å². The van der Waals surface area contributed by atoms with Gasteiger partial charge in [0, 0.05) is 54.6 Å².